The summed E-state index contributed by atoms with van der Waals surface area (Å²) in [5.74, 6) is 0.502. The Kier molecular flexibility index (Phi) is 5.24. The third kappa shape index (κ3) is 4.11. The number of fused-ring (bicyclic) bond motifs is 1. The number of ether oxygens (including phenoxy) is 1. The lowest BCUT2D eigenvalue weighted by Gasteiger charge is -2.10. The number of para-hydroxylation sites is 1. The zero-order valence-electron chi connectivity index (χ0n) is 16.4. The van der Waals surface area contributed by atoms with Gasteiger partial charge in [0.05, 0.1) is 12.3 Å². The highest BCUT2D eigenvalue weighted by Crippen LogP contribution is 2.23. The lowest BCUT2D eigenvalue weighted by Crippen LogP contribution is -2.13. The van der Waals surface area contributed by atoms with Crippen LogP contribution >= 0.6 is 0 Å². The van der Waals surface area contributed by atoms with E-state index in [1.807, 2.05) is 68.4 Å². The molecule has 0 atom stereocenters. The number of amides is 1. The molecule has 146 valence electrons. The molecule has 0 aliphatic heterocycles. The molecule has 1 aromatic heterocycles. The maximum Gasteiger partial charge on any atom is 0.255 e. The van der Waals surface area contributed by atoms with Gasteiger partial charge in [0.1, 0.15) is 16.8 Å². The van der Waals surface area contributed by atoms with Crippen molar-refractivity contribution < 1.29 is 9.53 Å². The van der Waals surface area contributed by atoms with Gasteiger partial charge >= 0.3 is 0 Å². The van der Waals surface area contributed by atoms with E-state index in [4.69, 9.17) is 4.74 Å². The van der Waals surface area contributed by atoms with Gasteiger partial charge in [-0.25, -0.2) is 0 Å². The lowest BCUT2D eigenvalue weighted by molar-refractivity contribution is 0.102. The zero-order chi connectivity index (χ0) is 20.2. The number of carbonyl (C=O) groups is 1. The predicted octanol–water partition coefficient (Wildman–Crippen LogP) is 4.77. The molecule has 0 radical (unpaired) electrons. The van der Waals surface area contributed by atoms with Gasteiger partial charge in [-0.15, -0.1) is 10.2 Å². The largest absolute Gasteiger partial charge is 0.494 e. The fourth-order valence-corrected chi connectivity index (χ4v) is 3.02. The highest BCUT2D eigenvalue weighted by atomic mass is 16.5. The number of nitrogens with one attached hydrogen (secondary N) is 1. The first-order valence-corrected chi connectivity index (χ1v) is 9.61. The van der Waals surface area contributed by atoms with Gasteiger partial charge < -0.3 is 10.1 Å². The highest BCUT2D eigenvalue weighted by Gasteiger charge is 2.12. The van der Waals surface area contributed by atoms with Gasteiger partial charge in [-0.2, -0.15) is 4.80 Å². The van der Waals surface area contributed by atoms with E-state index in [1.54, 1.807) is 16.9 Å². The molecule has 0 saturated heterocycles. The molecule has 0 bridgehead atoms. The van der Waals surface area contributed by atoms with Crippen LogP contribution in [-0.2, 0) is 0 Å². The lowest BCUT2D eigenvalue weighted by atomic mass is 10.1. The third-order valence-corrected chi connectivity index (χ3v) is 4.53. The second-order valence-electron chi connectivity index (χ2n) is 6.81. The summed E-state index contributed by atoms with van der Waals surface area (Å²) in [5.41, 5.74) is 4.56. The molecular formula is C23H22N4O2. The van der Waals surface area contributed by atoms with Crippen molar-refractivity contribution in [2.45, 2.75) is 20.3 Å². The quantitative estimate of drug-likeness (QED) is 0.518. The summed E-state index contributed by atoms with van der Waals surface area (Å²) < 4.78 is 5.62. The van der Waals surface area contributed by atoms with Gasteiger partial charge in [-0.1, -0.05) is 31.2 Å². The zero-order valence-corrected chi connectivity index (χ0v) is 16.4. The van der Waals surface area contributed by atoms with Crippen LogP contribution in [-0.4, -0.2) is 27.5 Å². The second-order valence-corrected chi connectivity index (χ2v) is 6.81. The van der Waals surface area contributed by atoms with Gasteiger partial charge in [0.2, 0.25) is 0 Å². The number of aryl methyl sites for hydroxylation is 1. The van der Waals surface area contributed by atoms with Crippen molar-refractivity contribution in [2.24, 2.45) is 0 Å². The molecule has 0 aliphatic carbocycles. The first kappa shape index (κ1) is 18.7. The van der Waals surface area contributed by atoms with E-state index in [2.05, 4.69) is 15.5 Å². The molecule has 6 nitrogen and oxygen atoms in total. The summed E-state index contributed by atoms with van der Waals surface area (Å²) in [6, 6.07) is 20.7. The summed E-state index contributed by atoms with van der Waals surface area (Å²) >= 11 is 0. The van der Waals surface area contributed by atoms with Crippen LogP contribution in [0.25, 0.3) is 16.7 Å². The first-order chi connectivity index (χ1) is 14.1. The fraction of sp³-hybridized carbons (Fsp3) is 0.174. The number of carbonyl (C=O) groups excluding carboxylic acids is 1. The van der Waals surface area contributed by atoms with Gasteiger partial charge in [0, 0.05) is 11.3 Å². The Morgan fingerprint density at radius 2 is 1.76 bits per heavy atom. The molecule has 1 heterocycles. The minimum atomic E-state index is -0.190. The Morgan fingerprint density at radius 1 is 1.00 bits per heavy atom. The van der Waals surface area contributed by atoms with Crippen molar-refractivity contribution in [1.29, 1.82) is 0 Å². The topological polar surface area (TPSA) is 69.0 Å². The number of hydrogen-bond donors (Lipinski definition) is 1. The maximum absolute atomic E-state index is 12.7. The van der Waals surface area contributed by atoms with E-state index < -0.39 is 0 Å². The summed E-state index contributed by atoms with van der Waals surface area (Å²) in [6.45, 7) is 4.61. The van der Waals surface area contributed by atoms with E-state index >= 15 is 0 Å². The average molecular weight is 386 g/mol. The monoisotopic (exact) mass is 386 g/mol. The van der Waals surface area contributed by atoms with Gasteiger partial charge in [-0.05, 0) is 61.4 Å². The van der Waals surface area contributed by atoms with Crippen LogP contribution in [0.4, 0.5) is 5.69 Å². The third-order valence-electron chi connectivity index (χ3n) is 4.53. The van der Waals surface area contributed by atoms with Gasteiger partial charge in [0.25, 0.3) is 5.91 Å². The molecule has 0 fully saturated rings. The molecule has 4 rings (SSSR count). The van der Waals surface area contributed by atoms with Crippen molar-refractivity contribution in [1.82, 2.24) is 15.0 Å². The predicted molar refractivity (Wildman–Crippen MR) is 114 cm³/mol. The second kappa shape index (κ2) is 8.14. The molecular weight excluding hydrogens is 364 g/mol. The van der Waals surface area contributed by atoms with E-state index in [1.165, 1.54) is 0 Å². The van der Waals surface area contributed by atoms with Crippen molar-refractivity contribution in [3.63, 3.8) is 0 Å². The standard InChI is InChI=1S/C23H22N4O2/c1-3-12-29-19-11-7-8-17(14-19)23(28)24-20-15-22-21(13-16(20)2)25-27(26-22)18-9-5-4-6-10-18/h4-11,13-15H,3,12H2,1-2H3,(H,24,28). The Bertz CT molecular complexity index is 1150. The molecule has 29 heavy (non-hydrogen) atoms. The molecule has 0 aliphatic rings. The Hall–Kier alpha value is -3.67. The first-order valence-electron chi connectivity index (χ1n) is 9.61. The molecule has 4 aromatic rings. The molecule has 1 amide bonds. The van der Waals surface area contributed by atoms with Crippen LogP contribution in [0.15, 0.2) is 66.7 Å². The van der Waals surface area contributed by atoms with E-state index in [9.17, 15) is 4.79 Å². The number of hydrogen-bond acceptors (Lipinski definition) is 4. The minimum Gasteiger partial charge on any atom is -0.494 e. The Morgan fingerprint density at radius 3 is 2.52 bits per heavy atom. The molecule has 1 N–H and O–H groups in total. The summed E-state index contributed by atoms with van der Waals surface area (Å²) in [6.07, 6.45) is 0.916. The van der Waals surface area contributed by atoms with E-state index in [0.29, 0.717) is 23.6 Å². The van der Waals surface area contributed by atoms with Crippen LogP contribution < -0.4 is 10.1 Å². The van der Waals surface area contributed by atoms with Crippen molar-refractivity contribution in [3.05, 3.63) is 77.9 Å². The van der Waals surface area contributed by atoms with E-state index in [0.717, 1.165) is 28.7 Å². The van der Waals surface area contributed by atoms with Crippen LogP contribution in [0.3, 0.4) is 0 Å². The summed E-state index contributed by atoms with van der Waals surface area (Å²) in [7, 11) is 0. The number of aromatic nitrogens is 3. The van der Waals surface area contributed by atoms with Gasteiger partial charge in [0.15, 0.2) is 0 Å². The van der Waals surface area contributed by atoms with E-state index in [-0.39, 0.29) is 5.91 Å². The molecule has 6 heteroatoms. The van der Waals surface area contributed by atoms with Crippen molar-refractivity contribution in [3.8, 4) is 11.4 Å². The smallest absolute Gasteiger partial charge is 0.255 e. The number of anilines is 1. The van der Waals surface area contributed by atoms with Crippen LogP contribution in [0.2, 0.25) is 0 Å². The Labute approximate surface area is 169 Å². The molecule has 3 aromatic carbocycles. The maximum atomic E-state index is 12.7. The average Bonchev–Trinajstić information content (AvgIpc) is 3.16. The molecule has 0 spiro atoms. The molecule has 0 saturated carbocycles. The van der Waals surface area contributed by atoms with Crippen LogP contribution in [0.1, 0.15) is 29.3 Å². The van der Waals surface area contributed by atoms with Crippen LogP contribution in [0.5, 0.6) is 5.75 Å². The van der Waals surface area contributed by atoms with Crippen molar-refractivity contribution in [2.75, 3.05) is 11.9 Å². The van der Waals surface area contributed by atoms with Gasteiger partial charge in [-0.3, -0.25) is 4.79 Å². The minimum absolute atomic E-state index is 0.190. The molecule has 0 unspecified atom stereocenters. The number of benzene rings is 3. The number of rotatable bonds is 6. The highest BCUT2D eigenvalue weighted by molar-refractivity contribution is 6.05. The summed E-state index contributed by atoms with van der Waals surface area (Å²) in [5, 5.41) is 12.1. The fourth-order valence-electron chi connectivity index (χ4n) is 3.02. The SMILES string of the molecule is CCCOc1cccc(C(=O)Nc2cc3nn(-c4ccccc4)nc3cc2C)c1. The number of nitrogens with zero attached hydrogens (tertiary/aromatic N) is 3. The normalized spacial score (nSPS) is 10.8. The Balaban J connectivity index is 1.59. The van der Waals surface area contributed by atoms with Crippen molar-refractivity contribution >= 4 is 22.6 Å². The van der Waals surface area contributed by atoms with Crippen LogP contribution in [0, 0.1) is 6.92 Å². The summed E-state index contributed by atoms with van der Waals surface area (Å²) in [4.78, 5) is 14.3.